The SMILES string of the molecule is FC(F)(F)c1ccc(C(Cl)(c2c[nH]c3ccccc23)c2c[nH]c3ccccc23)cc1. The number of fused-ring (bicyclic) bond motifs is 2. The minimum Gasteiger partial charge on any atom is -0.361 e. The van der Waals surface area contributed by atoms with Gasteiger partial charge in [0, 0.05) is 45.3 Å². The number of aromatic nitrogens is 2. The molecule has 0 radical (unpaired) electrons. The highest BCUT2D eigenvalue weighted by Crippen LogP contribution is 2.48. The highest BCUT2D eigenvalue weighted by molar-refractivity contribution is 6.30. The zero-order valence-electron chi connectivity index (χ0n) is 15.6. The number of rotatable bonds is 3. The van der Waals surface area contributed by atoms with Gasteiger partial charge in [0.1, 0.15) is 4.87 Å². The molecule has 30 heavy (non-hydrogen) atoms. The summed E-state index contributed by atoms with van der Waals surface area (Å²) < 4.78 is 39.4. The van der Waals surface area contributed by atoms with Crippen LogP contribution in [0.3, 0.4) is 0 Å². The van der Waals surface area contributed by atoms with E-state index in [4.69, 9.17) is 11.6 Å². The molecule has 0 aliphatic heterocycles. The maximum Gasteiger partial charge on any atom is 0.416 e. The first-order valence-electron chi connectivity index (χ1n) is 9.39. The molecule has 0 bridgehead atoms. The van der Waals surface area contributed by atoms with E-state index in [1.165, 1.54) is 12.1 Å². The van der Waals surface area contributed by atoms with E-state index >= 15 is 0 Å². The number of aromatic amines is 2. The second-order valence-corrected chi connectivity index (χ2v) is 7.80. The van der Waals surface area contributed by atoms with Crippen LogP contribution in [0.15, 0.2) is 85.2 Å². The standard InChI is InChI=1S/C24H16ClF3N2/c25-23(15-9-11-16(12-10-15)24(26,27)28,19-13-29-21-7-3-1-5-17(19)21)20-14-30-22-8-4-2-6-18(20)22/h1-14,29-30H. The normalized spacial score (nSPS) is 12.7. The minimum absolute atomic E-state index is 0.562. The first-order valence-corrected chi connectivity index (χ1v) is 9.76. The van der Waals surface area contributed by atoms with Gasteiger partial charge in [-0.15, -0.1) is 11.6 Å². The van der Waals surface area contributed by atoms with Gasteiger partial charge in [0.05, 0.1) is 5.56 Å². The fraction of sp³-hybridized carbons (Fsp3) is 0.0833. The molecule has 2 aromatic heterocycles. The van der Waals surface area contributed by atoms with E-state index in [0.717, 1.165) is 45.1 Å². The maximum absolute atomic E-state index is 13.1. The third-order valence-corrected chi connectivity index (χ3v) is 6.16. The fourth-order valence-electron chi connectivity index (χ4n) is 4.06. The number of para-hydroxylation sites is 2. The van der Waals surface area contributed by atoms with Crippen molar-refractivity contribution in [3.63, 3.8) is 0 Å². The van der Waals surface area contributed by atoms with Crippen molar-refractivity contribution < 1.29 is 13.2 Å². The van der Waals surface area contributed by atoms with Crippen molar-refractivity contribution in [2.45, 2.75) is 11.1 Å². The molecule has 3 aromatic carbocycles. The Balaban J connectivity index is 1.80. The van der Waals surface area contributed by atoms with Crippen molar-refractivity contribution in [3.8, 4) is 0 Å². The third-order valence-electron chi connectivity index (χ3n) is 5.53. The number of hydrogen-bond donors (Lipinski definition) is 2. The van der Waals surface area contributed by atoms with Gasteiger partial charge in [-0.3, -0.25) is 0 Å². The van der Waals surface area contributed by atoms with E-state index < -0.39 is 16.6 Å². The summed E-state index contributed by atoms with van der Waals surface area (Å²) in [4.78, 5) is 5.28. The van der Waals surface area contributed by atoms with E-state index in [9.17, 15) is 13.2 Å². The van der Waals surface area contributed by atoms with Crippen molar-refractivity contribution in [2.75, 3.05) is 0 Å². The van der Waals surface area contributed by atoms with E-state index in [1.54, 1.807) is 0 Å². The second-order valence-electron chi connectivity index (χ2n) is 7.23. The first-order chi connectivity index (χ1) is 14.4. The molecule has 0 aliphatic rings. The Labute approximate surface area is 175 Å². The Kier molecular flexibility index (Phi) is 4.19. The molecule has 6 heteroatoms. The number of hydrogen-bond acceptors (Lipinski definition) is 0. The smallest absolute Gasteiger partial charge is 0.361 e. The molecule has 5 rings (SSSR count). The molecule has 0 fully saturated rings. The molecule has 0 amide bonds. The van der Waals surface area contributed by atoms with Crippen LogP contribution in [-0.2, 0) is 11.1 Å². The number of benzene rings is 3. The average molecular weight is 425 g/mol. The summed E-state index contributed by atoms with van der Waals surface area (Å²) in [5.74, 6) is 0. The molecule has 0 saturated heterocycles. The Hall–Kier alpha value is -3.18. The number of nitrogens with one attached hydrogen (secondary N) is 2. The van der Waals surface area contributed by atoms with E-state index in [-0.39, 0.29) is 0 Å². The van der Waals surface area contributed by atoms with Crippen LogP contribution in [0.1, 0.15) is 22.3 Å². The van der Waals surface area contributed by atoms with Crippen LogP contribution in [-0.4, -0.2) is 9.97 Å². The summed E-state index contributed by atoms with van der Waals surface area (Å²) >= 11 is 7.40. The van der Waals surface area contributed by atoms with Crippen LogP contribution in [0, 0.1) is 0 Å². The average Bonchev–Trinajstić information content (AvgIpc) is 3.38. The van der Waals surface area contributed by atoms with Gasteiger partial charge >= 0.3 is 6.18 Å². The third kappa shape index (κ3) is 2.81. The van der Waals surface area contributed by atoms with Gasteiger partial charge in [-0.05, 0) is 29.8 Å². The summed E-state index contributed by atoms with van der Waals surface area (Å²) in [6, 6.07) is 20.5. The summed E-state index contributed by atoms with van der Waals surface area (Å²) in [6.45, 7) is 0. The highest BCUT2D eigenvalue weighted by atomic mass is 35.5. The van der Waals surface area contributed by atoms with Crippen LogP contribution in [0.5, 0.6) is 0 Å². The van der Waals surface area contributed by atoms with Gasteiger partial charge in [0.25, 0.3) is 0 Å². The number of H-pyrrole nitrogens is 2. The van der Waals surface area contributed by atoms with Crippen molar-refractivity contribution in [1.82, 2.24) is 9.97 Å². The van der Waals surface area contributed by atoms with E-state index in [2.05, 4.69) is 9.97 Å². The zero-order valence-corrected chi connectivity index (χ0v) is 16.4. The second kappa shape index (κ2) is 6.67. The van der Waals surface area contributed by atoms with Crippen molar-refractivity contribution >= 4 is 33.4 Å². The van der Waals surface area contributed by atoms with Gasteiger partial charge in [0.2, 0.25) is 0 Å². The van der Waals surface area contributed by atoms with E-state index in [0.29, 0.717) is 5.56 Å². The number of alkyl halides is 4. The molecule has 2 heterocycles. The Morgan fingerprint density at radius 2 is 1.03 bits per heavy atom. The molecular weight excluding hydrogens is 409 g/mol. The van der Waals surface area contributed by atoms with Gasteiger partial charge in [-0.2, -0.15) is 13.2 Å². The van der Waals surface area contributed by atoms with Gasteiger partial charge in [0.15, 0.2) is 0 Å². The monoisotopic (exact) mass is 424 g/mol. The van der Waals surface area contributed by atoms with Crippen LogP contribution < -0.4 is 0 Å². The van der Waals surface area contributed by atoms with Crippen molar-refractivity contribution in [3.05, 3.63) is 107 Å². The predicted octanol–water partition coefficient (Wildman–Crippen LogP) is 7.20. The van der Waals surface area contributed by atoms with Crippen LogP contribution in [0.2, 0.25) is 0 Å². The zero-order chi connectivity index (χ0) is 20.9. The van der Waals surface area contributed by atoms with Crippen LogP contribution >= 0.6 is 11.6 Å². The summed E-state index contributed by atoms with van der Waals surface area (Å²) in [6.07, 6.45) is -0.747. The lowest BCUT2D eigenvalue weighted by molar-refractivity contribution is -0.137. The molecule has 0 atom stereocenters. The summed E-state index contributed by atoms with van der Waals surface area (Å²) in [7, 11) is 0. The first kappa shape index (κ1) is 18.8. The molecule has 0 spiro atoms. The van der Waals surface area contributed by atoms with Gasteiger partial charge < -0.3 is 9.97 Å². The molecular formula is C24H16ClF3N2. The maximum atomic E-state index is 13.1. The minimum atomic E-state index is -4.41. The molecule has 0 aliphatic carbocycles. The summed E-state index contributed by atoms with van der Waals surface area (Å²) in [5, 5.41) is 1.83. The van der Waals surface area contributed by atoms with Crippen LogP contribution in [0.4, 0.5) is 13.2 Å². The lowest BCUT2D eigenvalue weighted by atomic mass is 9.83. The molecule has 0 saturated carbocycles. The lowest BCUT2D eigenvalue weighted by Gasteiger charge is -2.28. The number of halogens is 4. The van der Waals surface area contributed by atoms with Crippen molar-refractivity contribution in [1.29, 1.82) is 0 Å². The molecule has 2 N–H and O–H groups in total. The van der Waals surface area contributed by atoms with Crippen molar-refractivity contribution in [2.24, 2.45) is 0 Å². The molecule has 0 unspecified atom stereocenters. The quantitative estimate of drug-likeness (QED) is 0.287. The largest absolute Gasteiger partial charge is 0.416 e. The van der Waals surface area contributed by atoms with Crippen LogP contribution in [0.25, 0.3) is 21.8 Å². The molecule has 2 nitrogen and oxygen atoms in total. The van der Waals surface area contributed by atoms with Gasteiger partial charge in [-0.1, -0.05) is 48.5 Å². The predicted molar refractivity (Wildman–Crippen MR) is 114 cm³/mol. The topological polar surface area (TPSA) is 31.6 Å². The fourth-order valence-corrected chi connectivity index (χ4v) is 4.50. The molecule has 150 valence electrons. The highest BCUT2D eigenvalue weighted by Gasteiger charge is 2.39. The lowest BCUT2D eigenvalue weighted by Crippen LogP contribution is -2.22. The molecule has 5 aromatic rings. The Morgan fingerprint density at radius 3 is 1.50 bits per heavy atom. The Morgan fingerprint density at radius 1 is 0.600 bits per heavy atom. The summed E-state index contributed by atoms with van der Waals surface area (Å²) in [5.41, 5.74) is 3.23. The van der Waals surface area contributed by atoms with E-state index in [1.807, 2.05) is 60.9 Å². The Bertz CT molecular complexity index is 1270. The van der Waals surface area contributed by atoms with Gasteiger partial charge in [-0.25, -0.2) is 0 Å².